The van der Waals surface area contributed by atoms with E-state index in [1.54, 1.807) is 12.4 Å². The molecule has 0 bridgehead atoms. The van der Waals surface area contributed by atoms with Crippen molar-refractivity contribution in [3.63, 3.8) is 0 Å². The Morgan fingerprint density at radius 1 is 1.26 bits per heavy atom. The molecule has 1 N–H and O–H groups in total. The molecule has 1 aliphatic rings. The van der Waals surface area contributed by atoms with Gasteiger partial charge in [-0.25, -0.2) is 9.97 Å². The third-order valence-electron chi connectivity index (χ3n) is 4.47. The second-order valence-electron chi connectivity index (χ2n) is 6.54. The number of aromatic nitrogens is 3. The van der Waals surface area contributed by atoms with Gasteiger partial charge in [0, 0.05) is 32.5 Å². The van der Waals surface area contributed by atoms with Crippen LogP contribution in [0, 0.1) is 5.92 Å². The van der Waals surface area contributed by atoms with Gasteiger partial charge in [-0.15, -0.1) is 0 Å². The Hall–Kier alpha value is -1.79. The number of fused-ring (bicyclic) bond motifs is 1. The molecule has 1 fully saturated rings. The molecule has 6 heteroatoms. The highest BCUT2D eigenvalue weighted by Crippen LogP contribution is 2.21. The Morgan fingerprint density at radius 3 is 2.74 bits per heavy atom. The highest BCUT2D eigenvalue weighted by atomic mass is 16.3. The van der Waals surface area contributed by atoms with Gasteiger partial charge in [0.15, 0.2) is 5.65 Å². The molecule has 0 amide bonds. The summed E-state index contributed by atoms with van der Waals surface area (Å²) in [6.45, 7) is 5.78. The predicted octanol–water partition coefficient (Wildman–Crippen LogP) is 1.55. The van der Waals surface area contributed by atoms with E-state index >= 15 is 0 Å². The number of aliphatic hydroxyl groups excluding tert-OH is 1. The highest BCUT2D eigenvalue weighted by Gasteiger charge is 2.21. The fourth-order valence-corrected chi connectivity index (χ4v) is 3.26. The molecule has 0 saturated carbocycles. The topological polar surface area (TPSA) is 65.4 Å². The molecule has 1 saturated heterocycles. The van der Waals surface area contributed by atoms with E-state index in [2.05, 4.69) is 31.8 Å². The number of aliphatic hydroxyl groups is 1. The first-order chi connectivity index (χ1) is 11.1. The van der Waals surface area contributed by atoms with Crippen LogP contribution in [0.15, 0.2) is 24.5 Å². The van der Waals surface area contributed by atoms with Gasteiger partial charge in [0.05, 0.1) is 6.10 Å². The van der Waals surface area contributed by atoms with Crippen molar-refractivity contribution in [3.05, 3.63) is 24.5 Å². The van der Waals surface area contributed by atoms with Crippen molar-refractivity contribution < 1.29 is 5.11 Å². The van der Waals surface area contributed by atoms with Crippen molar-refractivity contribution in [1.29, 1.82) is 0 Å². The van der Waals surface area contributed by atoms with E-state index in [4.69, 9.17) is 0 Å². The van der Waals surface area contributed by atoms with E-state index in [1.165, 1.54) is 12.8 Å². The first kappa shape index (κ1) is 16.1. The molecule has 0 aromatic carbocycles. The minimum Gasteiger partial charge on any atom is -0.392 e. The molecule has 3 heterocycles. The summed E-state index contributed by atoms with van der Waals surface area (Å²) in [6.07, 6.45) is 5.47. The van der Waals surface area contributed by atoms with Crippen molar-refractivity contribution in [3.8, 4) is 0 Å². The van der Waals surface area contributed by atoms with Crippen LogP contribution in [-0.2, 0) is 0 Å². The minimum atomic E-state index is -0.239. The van der Waals surface area contributed by atoms with E-state index in [1.807, 2.05) is 19.1 Å². The molecule has 0 aliphatic carbocycles. The number of likely N-dealkylation sites (tertiary alicyclic amines) is 1. The predicted molar refractivity (Wildman–Crippen MR) is 91.4 cm³/mol. The summed E-state index contributed by atoms with van der Waals surface area (Å²) in [5.41, 5.74) is 1.53. The van der Waals surface area contributed by atoms with Crippen molar-refractivity contribution in [2.45, 2.75) is 25.9 Å². The molecule has 2 aromatic rings. The molecule has 1 unspecified atom stereocenters. The summed E-state index contributed by atoms with van der Waals surface area (Å²) in [5.74, 6) is 1.62. The zero-order valence-corrected chi connectivity index (χ0v) is 13.9. The van der Waals surface area contributed by atoms with Crippen LogP contribution in [0.25, 0.3) is 11.2 Å². The van der Waals surface area contributed by atoms with Crippen LogP contribution >= 0.6 is 0 Å². The maximum absolute atomic E-state index is 9.48. The lowest BCUT2D eigenvalue weighted by molar-refractivity contribution is 0.101. The Bertz CT molecular complexity index is 640. The summed E-state index contributed by atoms with van der Waals surface area (Å²) in [5, 5.41) is 9.48. The second kappa shape index (κ2) is 7.19. The second-order valence-corrected chi connectivity index (χ2v) is 6.54. The normalized spacial score (nSPS) is 18.2. The van der Waals surface area contributed by atoms with Crippen LogP contribution in [0.5, 0.6) is 0 Å². The van der Waals surface area contributed by atoms with Gasteiger partial charge in [-0.2, -0.15) is 0 Å². The summed E-state index contributed by atoms with van der Waals surface area (Å²) < 4.78 is 0. The molecule has 0 radical (unpaired) electrons. The zero-order valence-electron chi connectivity index (χ0n) is 13.9. The lowest BCUT2D eigenvalue weighted by Gasteiger charge is -2.34. The average molecular weight is 315 g/mol. The van der Waals surface area contributed by atoms with Crippen molar-refractivity contribution >= 4 is 17.0 Å². The van der Waals surface area contributed by atoms with Crippen LogP contribution in [0.3, 0.4) is 0 Å². The van der Waals surface area contributed by atoms with Crippen molar-refractivity contribution in [1.82, 2.24) is 19.9 Å². The number of hydrogen-bond acceptors (Lipinski definition) is 6. The average Bonchev–Trinajstić information content (AvgIpc) is 2.55. The molecule has 1 aliphatic heterocycles. The summed E-state index contributed by atoms with van der Waals surface area (Å²) in [4.78, 5) is 17.7. The van der Waals surface area contributed by atoms with Gasteiger partial charge in [-0.05, 0) is 50.9 Å². The zero-order chi connectivity index (χ0) is 16.2. The monoisotopic (exact) mass is 315 g/mol. The van der Waals surface area contributed by atoms with Gasteiger partial charge in [0.2, 0.25) is 0 Å². The number of piperidine rings is 1. The quantitative estimate of drug-likeness (QED) is 0.903. The van der Waals surface area contributed by atoms with Gasteiger partial charge in [-0.3, -0.25) is 4.98 Å². The first-order valence-electron chi connectivity index (χ1n) is 8.31. The molecule has 124 valence electrons. The molecule has 0 spiro atoms. The van der Waals surface area contributed by atoms with Gasteiger partial charge in [0.1, 0.15) is 11.3 Å². The van der Waals surface area contributed by atoms with Crippen molar-refractivity contribution in [2.75, 3.05) is 38.1 Å². The maximum Gasteiger partial charge on any atom is 0.180 e. The molecular weight excluding hydrogens is 290 g/mol. The number of pyridine rings is 1. The Balaban J connectivity index is 1.57. The van der Waals surface area contributed by atoms with Crippen LogP contribution < -0.4 is 4.90 Å². The summed E-state index contributed by atoms with van der Waals surface area (Å²) in [6, 6.07) is 3.99. The van der Waals surface area contributed by atoms with Crippen LogP contribution in [0.2, 0.25) is 0 Å². The Morgan fingerprint density at radius 2 is 2.00 bits per heavy atom. The van der Waals surface area contributed by atoms with E-state index in [9.17, 15) is 5.11 Å². The number of β-amino-alcohol motifs (C(OH)–C–C–N with tert-alkyl or cyclic N) is 1. The fourth-order valence-electron chi connectivity index (χ4n) is 3.26. The first-order valence-corrected chi connectivity index (χ1v) is 8.31. The van der Waals surface area contributed by atoms with E-state index < -0.39 is 0 Å². The van der Waals surface area contributed by atoms with Gasteiger partial charge < -0.3 is 14.9 Å². The molecule has 23 heavy (non-hydrogen) atoms. The molecule has 1 atom stereocenters. The minimum absolute atomic E-state index is 0.239. The largest absolute Gasteiger partial charge is 0.392 e. The highest BCUT2D eigenvalue weighted by molar-refractivity contribution is 5.71. The summed E-state index contributed by atoms with van der Waals surface area (Å²) >= 11 is 0. The number of rotatable bonds is 5. The molecule has 2 aromatic heterocycles. The van der Waals surface area contributed by atoms with Crippen molar-refractivity contribution in [2.24, 2.45) is 5.92 Å². The third-order valence-corrected chi connectivity index (χ3v) is 4.47. The Kier molecular flexibility index (Phi) is 5.03. The fraction of sp³-hybridized carbons (Fsp3) is 0.588. The van der Waals surface area contributed by atoms with E-state index in [0.717, 1.165) is 37.5 Å². The van der Waals surface area contributed by atoms with Gasteiger partial charge >= 0.3 is 0 Å². The van der Waals surface area contributed by atoms with E-state index in [-0.39, 0.29) is 6.10 Å². The van der Waals surface area contributed by atoms with Crippen LogP contribution in [-0.4, -0.2) is 64.3 Å². The third kappa shape index (κ3) is 4.14. The number of anilines is 1. The Labute approximate surface area is 137 Å². The van der Waals surface area contributed by atoms with Crippen LogP contribution in [0.1, 0.15) is 19.8 Å². The van der Waals surface area contributed by atoms with E-state index in [0.29, 0.717) is 11.6 Å². The van der Waals surface area contributed by atoms with Crippen LogP contribution in [0.4, 0.5) is 5.82 Å². The standard InChI is InChI=1S/C17H25N5O/c1-13(23)11-22-9-5-14(6-10-22)12-21(2)16-4-3-15-17(20-16)19-8-7-18-15/h3-4,7-8,13-14,23H,5-6,9-12H2,1-2H3. The molecule has 6 nitrogen and oxygen atoms in total. The maximum atomic E-state index is 9.48. The smallest absolute Gasteiger partial charge is 0.180 e. The van der Waals surface area contributed by atoms with Gasteiger partial charge in [0.25, 0.3) is 0 Å². The van der Waals surface area contributed by atoms with Gasteiger partial charge in [-0.1, -0.05) is 0 Å². The lowest BCUT2D eigenvalue weighted by atomic mass is 9.96. The lowest BCUT2D eigenvalue weighted by Crippen LogP contribution is -2.40. The SMILES string of the molecule is CC(O)CN1CCC(CN(C)c2ccc3nccnc3n2)CC1. The summed E-state index contributed by atoms with van der Waals surface area (Å²) in [7, 11) is 2.09. The molecule has 3 rings (SSSR count). The molecular formula is C17H25N5O. The number of hydrogen-bond donors (Lipinski definition) is 1. The number of nitrogens with zero attached hydrogens (tertiary/aromatic N) is 5.